The van der Waals surface area contributed by atoms with Gasteiger partial charge in [-0.2, -0.15) is 0 Å². The summed E-state index contributed by atoms with van der Waals surface area (Å²) in [6.07, 6.45) is 9.88. The highest BCUT2D eigenvalue weighted by Gasteiger charge is 2.27. The second kappa shape index (κ2) is 8.38. The van der Waals surface area contributed by atoms with Crippen LogP contribution in [0.3, 0.4) is 0 Å². The van der Waals surface area contributed by atoms with E-state index in [1.54, 1.807) is 0 Å². The fourth-order valence-corrected chi connectivity index (χ4v) is 4.17. The van der Waals surface area contributed by atoms with Crippen molar-refractivity contribution in [2.75, 3.05) is 26.2 Å². The fourth-order valence-electron chi connectivity index (χ4n) is 4.17. The molecule has 0 bridgehead atoms. The van der Waals surface area contributed by atoms with Crippen LogP contribution in [0.1, 0.15) is 65.7 Å². The number of hydrogen-bond acceptors (Lipinski definition) is 2. The van der Waals surface area contributed by atoms with Gasteiger partial charge in [-0.15, -0.1) is 0 Å². The second-order valence-corrected chi connectivity index (χ2v) is 7.46. The van der Waals surface area contributed by atoms with Crippen molar-refractivity contribution < 1.29 is 0 Å². The van der Waals surface area contributed by atoms with Gasteiger partial charge in [-0.1, -0.05) is 27.2 Å². The molecule has 0 radical (unpaired) electrons. The van der Waals surface area contributed by atoms with Crippen LogP contribution in [0.15, 0.2) is 0 Å². The minimum Gasteiger partial charge on any atom is -0.314 e. The Morgan fingerprint density at radius 2 is 1.85 bits per heavy atom. The highest BCUT2D eigenvalue weighted by Crippen LogP contribution is 2.30. The molecule has 0 aromatic carbocycles. The van der Waals surface area contributed by atoms with Crippen LogP contribution >= 0.6 is 0 Å². The maximum absolute atomic E-state index is 3.77. The summed E-state index contributed by atoms with van der Waals surface area (Å²) in [5.74, 6) is 2.82. The minimum atomic E-state index is 0.822. The fraction of sp³-hybridized carbons (Fsp3) is 1.00. The third-order valence-corrected chi connectivity index (χ3v) is 5.71. The zero-order valence-electron chi connectivity index (χ0n) is 14.0. The van der Waals surface area contributed by atoms with Crippen molar-refractivity contribution in [2.24, 2.45) is 17.8 Å². The van der Waals surface area contributed by atoms with E-state index < -0.39 is 0 Å². The van der Waals surface area contributed by atoms with Crippen molar-refractivity contribution in [1.82, 2.24) is 10.2 Å². The standard InChI is InChI=1S/C18H36N2/c1-4-11-19-18-7-5-6-17(18)10-14-20-12-8-16(9-13-20)15(2)3/h15-19H,4-14H2,1-3H3. The van der Waals surface area contributed by atoms with Crippen molar-refractivity contribution in [3.63, 3.8) is 0 Å². The molecule has 0 spiro atoms. The maximum Gasteiger partial charge on any atom is 0.00958 e. The molecule has 0 aromatic rings. The molecule has 2 unspecified atom stereocenters. The molecule has 2 fully saturated rings. The van der Waals surface area contributed by atoms with Gasteiger partial charge in [-0.3, -0.25) is 0 Å². The van der Waals surface area contributed by atoms with Gasteiger partial charge in [0.2, 0.25) is 0 Å². The van der Waals surface area contributed by atoms with E-state index >= 15 is 0 Å². The summed E-state index contributed by atoms with van der Waals surface area (Å²) in [5.41, 5.74) is 0. The largest absolute Gasteiger partial charge is 0.314 e. The lowest BCUT2D eigenvalue weighted by molar-refractivity contribution is 0.148. The van der Waals surface area contributed by atoms with Crippen LogP contribution in [0.25, 0.3) is 0 Å². The van der Waals surface area contributed by atoms with Gasteiger partial charge in [0, 0.05) is 6.04 Å². The Morgan fingerprint density at radius 1 is 1.10 bits per heavy atom. The van der Waals surface area contributed by atoms with Gasteiger partial charge in [0.1, 0.15) is 0 Å². The molecule has 1 aliphatic carbocycles. The smallest absolute Gasteiger partial charge is 0.00958 e. The van der Waals surface area contributed by atoms with Gasteiger partial charge < -0.3 is 10.2 Å². The van der Waals surface area contributed by atoms with Crippen molar-refractivity contribution >= 4 is 0 Å². The van der Waals surface area contributed by atoms with Crippen molar-refractivity contribution in [1.29, 1.82) is 0 Å². The first kappa shape index (κ1) is 16.3. The predicted octanol–water partition coefficient (Wildman–Crippen LogP) is 3.91. The summed E-state index contributed by atoms with van der Waals surface area (Å²) < 4.78 is 0. The van der Waals surface area contributed by atoms with E-state index in [1.165, 1.54) is 71.1 Å². The number of likely N-dealkylation sites (tertiary alicyclic amines) is 1. The molecule has 20 heavy (non-hydrogen) atoms. The lowest BCUT2D eigenvalue weighted by Gasteiger charge is -2.34. The van der Waals surface area contributed by atoms with Crippen LogP contribution in [0.2, 0.25) is 0 Å². The summed E-state index contributed by atoms with van der Waals surface area (Å²) in [5, 5.41) is 3.77. The van der Waals surface area contributed by atoms with E-state index in [0.29, 0.717) is 0 Å². The first-order valence-corrected chi connectivity index (χ1v) is 9.16. The minimum absolute atomic E-state index is 0.822. The molecule has 1 saturated heterocycles. The molecular weight excluding hydrogens is 244 g/mol. The molecule has 2 heteroatoms. The van der Waals surface area contributed by atoms with Gasteiger partial charge in [0.15, 0.2) is 0 Å². The molecule has 118 valence electrons. The molecule has 2 atom stereocenters. The topological polar surface area (TPSA) is 15.3 Å². The van der Waals surface area contributed by atoms with Crippen LogP contribution in [-0.4, -0.2) is 37.1 Å². The molecule has 2 rings (SSSR count). The van der Waals surface area contributed by atoms with Gasteiger partial charge in [-0.05, 0) is 82.5 Å². The summed E-state index contributed by atoms with van der Waals surface area (Å²) in [4.78, 5) is 2.73. The molecule has 2 aliphatic rings. The van der Waals surface area contributed by atoms with E-state index in [1.807, 2.05) is 0 Å². The highest BCUT2D eigenvalue weighted by atomic mass is 15.1. The summed E-state index contributed by atoms with van der Waals surface area (Å²) in [7, 11) is 0. The average Bonchev–Trinajstić information content (AvgIpc) is 2.90. The number of nitrogens with zero attached hydrogens (tertiary/aromatic N) is 1. The lowest BCUT2D eigenvalue weighted by atomic mass is 9.86. The molecule has 0 amide bonds. The Morgan fingerprint density at radius 3 is 2.50 bits per heavy atom. The quantitative estimate of drug-likeness (QED) is 0.760. The second-order valence-electron chi connectivity index (χ2n) is 7.46. The molecule has 1 saturated carbocycles. The van der Waals surface area contributed by atoms with Gasteiger partial charge in [0.25, 0.3) is 0 Å². The van der Waals surface area contributed by atoms with Crippen LogP contribution in [0.5, 0.6) is 0 Å². The van der Waals surface area contributed by atoms with Crippen LogP contribution in [0.4, 0.5) is 0 Å². The number of rotatable bonds is 7. The SMILES string of the molecule is CCCNC1CCCC1CCN1CCC(C(C)C)CC1. The van der Waals surface area contributed by atoms with E-state index in [0.717, 1.165) is 23.8 Å². The van der Waals surface area contributed by atoms with Gasteiger partial charge >= 0.3 is 0 Å². The van der Waals surface area contributed by atoms with Crippen molar-refractivity contribution in [2.45, 2.75) is 71.8 Å². The Hall–Kier alpha value is -0.0800. The Labute approximate surface area is 126 Å². The number of nitrogens with one attached hydrogen (secondary N) is 1. The normalized spacial score (nSPS) is 29.4. The van der Waals surface area contributed by atoms with E-state index in [2.05, 4.69) is 31.0 Å². The monoisotopic (exact) mass is 280 g/mol. The number of hydrogen-bond donors (Lipinski definition) is 1. The molecule has 2 nitrogen and oxygen atoms in total. The maximum atomic E-state index is 3.77. The zero-order valence-corrected chi connectivity index (χ0v) is 14.0. The van der Waals surface area contributed by atoms with Crippen molar-refractivity contribution in [3.05, 3.63) is 0 Å². The van der Waals surface area contributed by atoms with E-state index in [-0.39, 0.29) is 0 Å². The van der Waals surface area contributed by atoms with Gasteiger partial charge in [-0.25, -0.2) is 0 Å². The third-order valence-electron chi connectivity index (χ3n) is 5.71. The Balaban J connectivity index is 1.65. The summed E-state index contributed by atoms with van der Waals surface area (Å²) in [6.45, 7) is 12.3. The first-order valence-electron chi connectivity index (χ1n) is 9.16. The summed E-state index contributed by atoms with van der Waals surface area (Å²) >= 11 is 0. The van der Waals surface area contributed by atoms with Crippen LogP contribution < -0.4 is 5.32 Å². The first-order chi connectivity index (χ1) is 9.70. The zero-order chi connectivity index (χ0) is 14.4. The molecule has 0 aromatic heterocycles. The van der Waals surface area contributed by atoms with E-state index in [9.17, 15) is 0 Å². The molecule has 1 heterocycles. The predicted molar refractivity (Wildman–Crippen MR) is 88.0 cm³/mol. The molecular formula is C18H36N2. The third kappa shape index (κ3) is 4.73. The molecule has 1 aliphatic heterocycles. The number of piperidine rings is 1. The van der Waals surface area contributed by atoms with Gasteiger partial charge in [0.05, 0.1) is 0 Å². The van der Waals surface area contributed by atoms with Crippen molar-refractivity contribution in [3.8, 4) is 0 Å². The van der Waals surface area contributed by atoms with E-state index in [4.69, 9.17) is 0 Å². The Kier molecular flexibility index (Phi) is 6.83. The highest BCUT2D eigenvalue weighted by molar-refractivity contribution is 4.84. The average molecular weight is 280 g/mol. The van der Waals surface area contributed by atoms with Crippen LogP contribution in [0, 0.1) is 17.8 Å². The summed E-state index contributed by atoms with van der Waals surface area (Å²) in [6, 6.07) is 0.822. The van der Waals surface area contributed by atoms with Crippen LogP contribution in [-0.2, 0) is 0 Å². The molecule has 1 N–H and O–H groups in total. The lowest BCUT2D eigenvalue weighted by Crippen LogP contribution is -2.38. The Bertz CT molecular complexity index is 256.